The van der Waals surface area contributed by atoms with Crippen molar-refractivity contribution >= 4 is 16.8 Å². The number of H-pyrrole nitrogens is 1. The number of aromatic nitrogens is 3. The van der Waals surface area contributed by atoms with Crippen LogP contribution < -0.4 is 5.32 Å². The minimum atomic E-state index is -0.188. The fraction of sp³-hybridized carbons (Fsp3) is 0.500. The van der Waals surface area contributed by atoms with E-state index in [1.54, 1.807) is 0 Å². The fourth-order valence-electron chi connectivity index (χ4n) is 4.90. The SMILES string of the molecule is CC1(C)CCc2cnn(-c3cc4ccc(C(=O)N5CCNCC5(C)C)cc4[nH]3)c2C1. The monoisotopic (exact) mass is 405 g/mol. The van der Waals surface area contributed by atoms with Gasteiger partial charge in [-0.1, -0.05) is 19.9 Å². The Balaban J connectivity index is 1.49. The van der Waals surface area contributed by atoms with Gasteiger partial charge in [0.25, 0.3) is 5.91 Å². The minimum absolute atomic E-state index is 0.0952. The number of carbonyl (C=O) groups excluding carboxylic acids is 1. The molecule has 1 saturated heterocycles. The molecule has 5 rings (SSSR count). The summed E-state index contributed by atoms with van der Waals surface area (Å²) in [5.41, 5.74) is 4.47. The van der Waals surface area contributed by atoms with Crippen LogP contribution in [0.5, 0.6) is 0 Å². The van der Waals surface area contributed by atoms with E-state index < -0.39 is 0 Å². The van der Waals surface area contributed by atoms with Crippen LogP contribution in [0.15, 0.2) is 30.5 Å². The lowest BCUT2D eigenvalue weighted by atomic mass is 9.77. The summed E-state index contributed by atoms with van der Waals surface area (Å²) in [6.45, 7) is 11.3. The van der Waals surface area contributed by atoms with Crippen LogP contribution in [-0.2, 0) is 12.8 Å². The Bertz CT molecular complexity index is 1120. The maximum Gasteiger partial charge on any atom is 0.254 e. The van der Waals surface area contributed by atoms with Gasteiger partial charge in [0.1, 0.15) is 5.82 Å². The number of aromatic amines is 1. The lowest BCUT2D eigenvalue weighted by molar-refractivity contribution is 0.0477. The average Bonchev–Trinajstić information content (AvgIpc) is 3.28. The van der Waals surface area contributed by atoms with E-state index in [-0.39, 0.29) is 11.4 Å². The summed E-state index contributed by atoms with van der Waals surface area (Å²) in [6.07, 6.45) is 5.32. The molecule has 1 amide bonds. The number of benzene rings is 1. The summed E-state index contributed by atoms with van der Waals surface area (Å²) >= 11 is 0. The molecule has 0 unspecified atom stereocenters. The summed E-state index contributed by atoms with van der Waals surface area (Å²) < 4.78 is 2.05. The molecular formula is C24H31N5O. The Morgan fingerprint density at radius 3 is 2.80 bits per heavy atom. The third-order valence-electron chi connectivity index (χ3n) is 6.80. The average molecular weight is 406 g/mol. The van der Waals surface area contributed by atoms with Crippen LogP contribution in [0.2, 0.25) is 0 Å². The lowest BCUT2D eigenvalue weighted by Gasteiger charge is -2.42. The minimum Gasteiger partial charge on any atom is -0.340 e. The molecule has 0 saturated carbocycles. The number of hydrogen-bond donors (Lipinski definition) is 2. The van der Waals surface area contributed by atoms with E-state index in [1.807, 2.05) is 29.3 Å². The van der Waals surface area contributed by atoms with Crippen molar-refractivity contribution in [2.24, 2.45) is 5.41 Å². The second kappa shape index (κ2) is 6.71. The Morgan fingerprint density at radius 1 is 1.17 bits per heavy atom. The first-order valence-electron chi connectivity index (χ1n) is 11.0. The molecule has 2 aromatic heterocycles. The highest BCUT2D eigenvalue weighted by molar-refractivity contribution is 5.98. The first-order chi connectivity index (χ1) is 14.2. The molecular weight excluding hydrogens is 374 g/mol. The molecule has 6 nitrogen and oxygen atoms in total. The van der Waals surface area contributed by atoms with Gasteiger partial charge in [0.2, 0.25) is 0 Å². The largest absolute Gasteiger partial charge is 0.340 e. The van der Waals surface area contributed by atoms with Crippen LogP contribution in [-0.4, -0.2) is 50.7 Å². The maximum atomic E-state index is 13.2. The van der Waals surface area contributed by atoms with Crippen molar-refractivity contribution in [1.82, 2.24) is 25.0 Å². The predicted octanol–water partition coefficient (Wildman–Crippen LogP) is 3.69. The molecule has 0 bridgehead atoms. The third-order valence-corrected chi connectivity index (χ3v) is 6.80. The highest BCUT2D eigenvalue weighted by atomic mass is 16.2. The molecule has 1 aromatic carbocycles. The normalized spacial score (nSPS) is 20.3. The predicted molar refractivity (Wildman–Crippen MR) is 119 cm³/mol. The highest BCUT2D eigenvalue weighted by Gasteiger charge is 2.34. The summed E-state index contributed by atoms with van der Waals surface area (Å²) in [4.78, 5) is 18.7. The number of hydrogen-bond acceptors (Lipinski definition) is 3. The number of nitrogens with zero attached hydrogens (tertiary/aromatic N) is 3. The van der Waals surface area contributed by atoms with Crippen molar-refractivity contribution in [2.75, 3.05) is 19.6 Å². The van der Waals surface area contributed by atoms with E-state index in [1.165, 1.54) is 17.7 Å². The standard InChI is InChI=1S/C24H31N5O/c1-23(2)8-7-18-14-26-29(20(18)13-23)21-12-16-5-6-17(11-19(16)27-21)22(30)28-10-9-25-15-24(28,3)4/h5-6,11-12,14,25,27H,7-10,13,15H2,1-4H3. The molecule has 1 fully saturated rings. The lowest BCUT2D eigenvalue weighted by Crippen LogP contribution is -2.59. The second-order valence-corrected chi connectivity index (χ2v) is 10.3. The van der Waals surface area contributed by atoms with Gasteiger partial charge in [-0.2, -0.15) is 5.10 Å². The van der Waals surface area contributed by atoms with Gasteiger partial charge in [0.15, 0.2) is 0 Å². The van der Waals surface area contributed by atoms with Crippen LogP contribution >= 0.6 is 0 Å². The van der Waals surface area contributed by atoms with E-state index in [2.05, 4.69) is 53.8 Å². The molecule has 0 radical (unpaired) electrons. The van der Waals surface area contributed by atoms with E-state index >= 15 is 0 Å². The van der Waals surface area contributed by atoms with Crippen LogP contribution in [0.1, 0.15) is 55.7 Å². The van der Waals surface area contributed by atoms with Crippen molar-refractivity contribution in [3.05, 3.63) is 47.3 Å². The molecule has 2 N–H and O–H groups in total. The Hall–Kier alpha value is -2.60. The van der Waals surface area contributed by atoms with E-state index in [9.17, 15) is 4.79 Å². The molecule has 6 heteroatoms. The van der Waals surface area contributed by atoms with Crippen molar-refractivity contribution < 1.29 is 4.79 Å². The molecule has 1 aliphatic heterocycles. The Morgan fingerprint density at radius 2 is 2.00 bits per heavy atom. The number of amides is 1. The summed E-state index contributed by atoms with van der Waals surface area (Å²) in [7, 11) is 0. The van der Waals surface area contributed by atoms with Crippen molar-refractivity contribution in [3.63, 3.8) is 0 Å². The van der Waals surface area contributed by atoms with E-state index in [0.29, 0.717) is 5.41 Å². The van der Waals surface area contributed by atoms with E-state index in [4.69, 9.17) is 0 Å². The van der Waals surface area contributed by atoms with Gasteiger partial charge < -0.3 is 15.2 Å². The van der Waals surface area contributed by atoms with Crippen LogP contribution in [0.25, 0.3) is 16.7 Å². The van der Waals surface area contributed by atoms with Crippen molar-refractivity contribution in [1.29, 1.82) is 0 Å². The van der Waals surface area contributed by atoms with Gasteiger partial charge in [-0.3, -0.25) is 4.79 Å². The molecule has 0 atom stereocenters. The van der Waals surface area contributed by atoms with Gasteiger partial charge in [-0.05, 0) is 62.3 Å². The first kappa shape index (κ1) is 19.4. The third kappa shape index (κ3) is 3.23. The van der Waals surface area contributed by atoms with Crippen LogP contribution in [0.3, 0.4) is 0 Å². The number of rotatable bonds is 2. The zero-order valence-corrected chi connectivity index (χ0v) is 18.4. The number of nitrogens with one attached hydrogen (secondary N) is 2. The molecule has 3 heterocycles. The van der Waals surface area contributed by atoms with Gasteiger partial charge in [-0.15, -0.1) is 0 Å². The Kier molecular flexibility index (Phi) is 4.33. The fourth-order valence-corrected chi connectivity index (χ4v) is 4.90. The van der Waals surface area contributed by atoms with E-state index in [0.717, 1.165) is 54.8 Å². The Labute approximate surface area is 177 Å². The van der Waals surface area contributed by atoms with Gasteiger partial charge in [-0.25, -0.2) is 4.68 Å². The maximum absolute atomic E-state index is 13.2. The highest BCUT2D eigenvalue weighted by Crippen LogP contribution is 2.35. The topological polar surface area (TPSA) is 66.0 Å². The van der Waals surface area contributed by atoms with Gasteiger partial charge >= 0.3 is 0 Å². The summed E-state index contributed by atoms with van der Waals surface area (Å²) in [5, 5.41) is 9.16. The number of fused-ring (bicyclic) bond motifs is 2. The first-order valence-corrected chi connectivity index (χ1v) is 11.0. The van der Waals surface area contributed by atoms with Crippen molar-refractivity contribution in [3.8, 4) is 5.82 Å². The smallest absolute Gasteiger partial charge is 0.254 e. The molecule has 1 aliphatic carbocycles. The number of carbonyl (C=O) groups is 1. The van der Waals surface area contributed by atoms with Gasteiger partial charge in [0.05, 0.1) is 11.7 Å². The van der Waals surface area contributed by atoms with Crippen LogP contribution in [0, 0.1) is 5.41 Å². The molecule has 158 valence electrons. The zero-order valence-electron chi connectivity index (χ0n) is 18.4. The molecule has 3 aromatic rings. The molecule has 2 aliphatic rings. The second-order valence-electron chi connectivity index (χ2n) is 10.3. The zero-order chi connectivity index (χ0) is 21.1. The number of aryl methyl sites for hydroxylation is 1. The van der Waals surface area contributed by atoms with Crippen LogP contribution in [0.4, 0.5) is 0 Å². The number of piperazine rings is 1. The molecule has 0 spiro atoms. The summed E-state index contributed by atoms with van der Waals surface area (Å²) in [6, 6.07) is 8.10. The van der Waals surface area contributed by atoms with Gasteiger partial charge in [0, 0.05) is 41.8 Å². The quantitative estimate of drug-likeness (QED) is 0.683. The summed E-state index contributed by atoms with van der Waals surface area (Å²) in [5.74, 6) is 1.06. The van der Waals surface area contributed by atoms with Crippen molar-refractivity contribution in [2.45, 2.75) is 52.5 Å². The molecule has 30 heavy (non-hydrogen) atoms.